The Kier molecular flexibility index (Phi) is 6.20. The molecule has 3 rings (SSSR count). The van der Waals surface area contributed by atoms with Crippen molar-refractivity contribution in [1.29, 1.82) is 0 Å². The zero-order valence-corrected chi connectivity index (χ0v) is 15.0. The highest BCUT2D eigenvalue weighted by molar-refractivity contribution is 6.01. The number of hydrogen-bond acceptors (Lipinski definition) is 4. The molecule has 0 bridgehead atoms. The molecule has 0 atom stereocenters. The number of nitrogens with zero attached hydrogens (tertiary/aromatic N) is 1. The van der Waals surface area contributed by atoms with E-state index in [-0.39, 0.29) is 24.3 Å². The monoisotopic (exact) mass is 366 g/mol. The summed E-state index contributed by atoms with van der Waals surface area (Å²) in [5, 5.41) is 2.84. The van der Waals surface area contributed by atoms with Gasteiger partial charge in [-0.05, 0) is 36.2 Å². The summed E-state index contributed by atoms with van der Waals surface area (Å²) >= 11 is 0. The molecule has 1 N–H and O–H groups in total. The second-order valence-corrected chi connectivity index (χ2v) is 6.38. The maximum Gasteiger partial charge on any atom is 0.229 e. The third kappa shape index (κ3) is 5.41. The SMILES string of the molecule is O=C(CCCOc1ccccc1)Nc1ccc(CN2C(=O)CCC2=O)cc1. The third-order valence-corrected chi connectivity index (χ3v) is 4.29. The van der Waals surface area contributed by atoms with Gasteiger partial charge in [-0.3, -0.25) is 19.3 Å². The Bertz CT molecular complexity index is 787. The molecule has 2 aromatic carbocycles. The topological polar surface area (TPSA) is 75.7 Å². The quantitative estimate of drug-likeness (QED) is 0.575. The van der Waals surface area contributed by atoms with Crippen molar-refractivity contribution in [3.05, 3.63) is 60.2 Å². The number of para-hydroxylation sites is 1. The minimum atomic E-state index is -0.130. The fourth-order valence-corrected chi connectivity index (χ4v) is 2.84. The molecule has 2 aromatic rings. The number of ether oxygens (including phenoxy) is 1. The van der Waals surface area contributed by atoms with Crippen LogP contribution in [0.4, 0.5) is 5.69 Å². The van der Waals surface area contributed by atoms with Gasteiger partial charge < -0.3 is 10.1 Å². The lowest BCUT2D eigenvalue weighted by Crippen LogP contribution is -2.28. The Morgan fingerprint density at radius 3 is 2.30 bits per heavy atom. The molecule has 1 aliphatic heterocycles. The Morgan fingerprint density at radius 1 is 0.963 bits per heavy atom. The van der Waals surface area contributed by atoms with Crippen LogP contribution in [0.2, 0.25) is 0 Å². The van der Waals surface area contributed by atoms with Crippen LogP contribution >= 0.6 is 0 Å². The molecule has 0 spiro atoms. The first-order chi connectivity index (χ1) is 13.1. The summed E-state index contributed by atoms with van der Waals surface area (Å²) in [6.07, 6.45) is 1.57. The van der Waals surface area contributed by atoms with Crippen LogP contribution in [-0.4, -0.2) is 29.2 Å². The first-order valence-electron chi connectivity index (χ1n) is 9.01. The van der Waals surface area contributed by atoms with E-state index in [1.807, 2.05) is 42.5 Å². The van der Waals surface area contributed by atoms with E-state index in [1.54, 1.807) is 12.1 Å². The molecule has 0 unspecified atom stereocenters. The molecule has 0 saturated carbocycles. The Labute approximate surface area is 158 Å². The smallest absolute Gasteiger partial charge is 0.229 e. The van der Waals surface area contributed by atoms with Gasteiger partial charge in [-0.25, -0.2) is 0 Å². The van der Waals surface area contributed by atoms with Gasteiger partial charge in [0.15, 0.2) is 0 Å². The zero-order chi connectivity index (χ0) is 19.1. The number of imide groups is 1. The number of benzene rings is 2. The minimum Gasteiger partial charge on any atom is -0.494 e. The van der Waals surface area contributed by atoms with Gasteiger partial charge in [0.25, 0.3) is 0 Å². The molecule has 1 heterocycles. The minimum absolute atomic E-state index is 0.0793. The third-order valence-electron chi connectivity index (χ3n) is 4.29. The lowest BCUT2D eigenvalue weighted by atomic mass is 10.2. The van der Waals surface area contributed by atoms with Crippen molar-refractivity contribution in [3.63, 3.8) is 0 Å². The van der Waals surface area contributed by atoms with E-state index in [0.29, 0.717) is 38.0 Å². The average molecular weight is 366 g/mol. The fourth-order valence-electron chi connectivity index (χ4n) is 2.84. The number of nitrogens with one attached hydrogen (secondary N) is 1. The van der Waals surface area contributed by atoms with Crippen molar-refractivity contribution >= 4 is 23.4 Å². The molecule has 140 valence electrons. The highest BCUT2D eigenvalue weighted by Crippen LogP contribution is 2.17. The molecular formula is C21H22N2O4. The van der Waals surface area contributed by atoms with Gasteiger partial charge in [0.1, 0.15) is 5.75 Å². The molecule has 1 aliphatic rings. The molecule has 27 heavy (non-hydrogen) atoms. The summed E-state index contributed by atoms with van der Waals surface area (Å²) in [4.78, 5) is 36.6. The maximum atomic E-state index is 12.0. The van der Waals surface area contributed by atoms with Crippen LogP contribution in [0.25, 0.3) is 0 Å². The zero-order valence-electron chi connectivity index (χ0n) is 15.0. The van der Waals surface area contributed by atoms with Crippen molar-refractivity contribution in [2.45, 2.75) is 32.2 Å². The number of carbonyl (C=O) groups excluding carboxylic acids is 3. The molecular weight excluding hydrogens is 344 g/mol. The average Bonchev–Trinajstić information content (AvgIpc) is 2.99. The molecule has 6 heteroatoms. The maximum absolute atomic E-state index is 12.0. The first-order valence-corrected chi connectivity index (χ1v) is 9.01. The molecule has 1 saturated heterocycles. The van der Waals surface area contributed by atoms with E-state index in [2.05, 4.69) is 5.32 Å². The molecule has 0 aliphatic carbocycles. The summed E-state index contributed by atoms with van der Waals surface area (Å²) in [6, 6.07) is 16.7. The van der Waals surface area contributed by atoms with Crippen LogP contribution in [-0.2, 0) is 20.9 Å². The van der Waals surface area contributed by atoms with E-state index in [1.165, 1.54) is 4.90 Å². The molecule has 0 radical (unpaired) electrons. The summed E-state index contributed by atoms with van der Waals surface area (Å²) < 4.78 is 5.56. The van der Waals surface area contributed by atoms with Crippen LogP contribution in [0.1, 0.15) is 31.2 Å². The van der Waals surface area contributed by atoms with Crippen molar-refractivity contribution in [3.8, 4) is 5.75 Å². The van der Waals surface area contributed by atoms with Gasteiger partial charge in [-0.15, -0.1) is 0 Å². The number of likely N-dealkylation sites (tertiary alicyclic amines) is 1. The van der Waals surface area contributed by atoms with Crippen LogP contribution in [0.15, 0.2) is 54.6 Å². The summed E-state index contributed by atoms with van der Waals surface area (Å²) in [5.41, 5.74) is 1.54. The van der Waals surface area contributed by atoms with Gasteiger partial charge >= 0.3 is 0 Å². The van der Waals surface area contributed by atoms with Gasteiger partial charge in [-0.2, -0.15) is 0 Å². The van der Waals surface area contributed by atoms with Gasteiger partial charge in [-0.1, -0.05) is 30.3 Å². The van der Waals surface area contributed by atoms with Crippen LogP contribution in [0.3, 0.4) is 0 Å². The first kappa shape index (κ1) is 18.6. The Hall–Kier alpha value is -3.15. The van der Waals surface area contributed by atoms with Crippen LogP contribution in [0, 0.1) is 0 Å². The normalized spacial score (nSPS) is 13.7. The summed E-state index contributed by atoms with van der Waals surface area (Å²) in [7, 11) is 0. The van der Waals surface area contributed by atoms with E-state index in [0.717, 1.165) is 11.3 Å². The number of rotatable bonds is 8. The molecule has 6 nitrogen and oxygen atoms in total. The molecule has 0 aromatic heterocycles. The van der Waals surface area contributed by atoms with Gasteiger partial charge in [0.2, 0.25) is 17.7 Å². The Morgan fingerprint density at radius 2 is 1.63 bits per heavy atom. The number of anilines is 1. The van der Waals surface area contributed by atoms with Crippen molar-refractivity contribution in [2.75, 3.05) is 11.9 Å². The predicted molar refractivity (Wildman–Crippen MR) is 101 cm³/mol. The van der Waals surface area contributed by atoms with E-state index < -0.39 is 0 Å². The van der Waals surface area contributed by atoms with Gasteiger partial charge in [0, 0.05) is 24.9 Å². The van der Waals surface area contributed by atoms with Crippen molar-refractivity contribution in [1.82, 2.24) is 4.90 Å². The second-order valence-electron chi connectivity index (χ2n) is 6.38. The lowest BCUT2D eigenvalue weighted by Gasteiger charge is -2.14. The number of amides is 3. The van der Waals surface area contributed by atoms with Crippen LogP contribution in [0.5, 0.6) is 5.75 Å². The van der Waals surface area contributed by atoms with E-state index in [9.17, 15) is 14.4 Å². The highest BCUT2D eigenvalue weighted by atomic mass is 16.5. The van der Waals surface area contributed by atoms with Crippen molar-refractivity contribution in [2.24, 2.45) is 0 Å². The number of hydrogen-bond donors (Lipinski definition) is 1. The van der Waals surface area contributed by atoms with E-state index in [4.69, 9.17) is 4.74 Å². The fraction of sp³-hybridized carbons (Fsp3) is 0.286. The van der Waals surface area contributed by atoms with Crippen LogP contribution < -0.4 is 10.1 Å². The predicted octanol–water partition coefficient (Wildman–Crippen LogP) is 3.13. The standard InChI is InChI=1S/C21H22N2O4/c24-19(7-4-14-27-18-5-2-1-3-6-18)22-17-10-8-16(9-11-17)15-23-20(25)12-13-21(23)26/h1-3,5-6,8-11H,4,7,12-15H2,(H,22,24). The van der Waals surface area contributed by atoms with Gasteiger partial charge in [0.05, 0.1) is 13.2 Å². The lowest BCUT2D eigenvalue weighted by molar-refractivity contribution is -0.139. The number of carbonyl (C=O) groups is 3. The highest BCUT2D eigenvalue weighted by Gasteiger charge is 2.28. The largest absolute Gasteiger partial charge is 0.494 e. The van der Waals surface area contributed by atoms with E-state index >= 15 is 0 Å². The summed E-state index contributed by atoms with van der Waals surface area (Å²) in [5.74, 6) is 0.456. The Balaban J connectivity index is 1.40. The molecule has 1 fully saturated rings. The molecule has 3 amide bonds. The second kappa shape index (κ2) is 8.98. The van der Waals surface area contributed by atoms with Crippen molar-refractivity contribution < 1.29 is 19.1 Å². The summed E-state index contributed by atoms with van der Waals surface area (Å²) in [6.45, 7) is 0.761.